The molecule has 1 fully saturated rings. The maximum Gasteiger partial charge on any atom is 0.248 e. The van der Waals surface area contributed by atoms with Gasteiger partial charge in [-0.25, -0.2) is 0 Å². The number of primary amides is 1. The first-order valence-corrected chi connectivity index (χ1v) is 9.16. The van der Waals surface area contributed by atoms with Gasteiger partial charge in [-0.15, -0.1) is 24.8 Å². The molecule has 8 heteroatoms. The molecule has 0 aliphatic carbocycles. The van der Waals surface area contributed by atoms with Crippen LogP contribution in [0.25, 0.3) is 0 Å². The van der Waals surface area contributed by atoms with E-state index in [1.54, 1.807) is 6.92 Å². The molecule has 2 aromatic rings. The van der Waals surface area contributed by atoms with Crippen molar-refractivity contribution in [3.8, 4) is 0 Å². The lowest BCUT2D eigenvalue weighted by Gasteiger charge is -2.25. The molecule has 6 nitrogen and oxygen atoms in total. The summed E-state index contributed by atoms with van der Waals surface area (Å²) in [7, 11) is 0. The molecular formula is C21H28Cl2N4O2. The Morgan fingerprint density at radius 1 is 1.14 bits per heavy atom. The van der Waals surface area contributed by atoms with Crippen molar-refractivity contribution in [1.29, 1.82) is 0 Å². The second-order valence-electron chi connectivity index (χ2n) is 7.25. The van der Waals surface area contributed by atoms with Crippen LogP contribution < -0.4 is 16.8 Å². The number of anilines is 1. The summed E-state index contributed by atoms with van der Waals surface area (Å²) in [6, 6.07) is 16.7. The van der Waals surface area contributed by atoms with Gasteiger partial charge in [-0.1, -0.05) is 42.5 Å². The molecule has 3 rings (SSSR count). The van der Waals surface area contributed by atoms with E-state index >= 15 is 0 Å². The predicted octanol–water partition coefficient (Wildman–Crippen LogP) is 2.79. The van der Waals surface area contributed by atoms with E-state index in [2.05, 4.69) is 10.2 Å². The number of benzene rings is 2. The van der Waals surface area contributed by atoms with Crippen molar-refractivity contribution >= 4 is 42.3 Å². The molecule has 29 heavy (non-hydrogen) atoms. The topological polar surface area (TPSA) is 101 Å². The van der Waals surface area contributed by atoms with Gasteiger partial charge >= 0.3 is 0 Å². The van der Waals surface area contributed by atoms with Crippen LogP contribution in [-0.2, 0) is 21.7 Å². The SMILES string of the molecule is CC(N)(C(=O)Nc1cccc(CN2CCCC2C(N)=O)c1)c1ccccc1.Cl.Cl. The minimum absolute atomic E-state index is 0. The van der Waals surface area contributed by atoms with E-state index < -0.39 is 5.54 Å². The number of nitrogens with zero attached hydrogens (tertiary/aromatic N) is 1. The van der Waals surface area contributed by atoms with Crippen molar-refractivity contribution in [2.45, 2.75) is 37.9 Å². The van der Waals surface area contributed by atoms with Gasteiger partial charge in [0.15, 0.2) is 0 Å². The van der Waals surface area contributed by atoms with Gasteiger partial charge in [0.1, 0.15) is 5.54 Å². The molecule has 0 spiro atoms. The van der Waals surface area contributed by atoms with E-state index in [-0.39, 0.29) is 42.7 Å². The first-order chi connectivity index (χ1) is 12.9. The first-order valence-electron chi connectivity index (χ1n) is 9.16. The number of likely N-dealkylation sites (tertiary alicyclic amines) is 1. The van der Waals surface area contributed by atoms with Gasteiger partial charge in [0, 0.05) is 12.2 Å². The molecule has 1 aliphatic rings. The van der Waals surface area contributed by atoms with Crippen molar-refractivity contribution in [2.24, 2.45) is 11.5 Å². The largest absolute Gasteiger partial charge is 0.368 e. The average molecular weight is 439 g/mol. The molecule has 1 heterocycles. The van der Waals surface area contributed by atoms with Crippen LogP contribution in [0.1, 0.15) is 30.9 Å². The van der Waals surface area contributed by atoms with Gasteiger partial charge in [0.25, 0.3) is 0 Å². The zero-order chi connectivity index (χ0) is 19.4. The minimum atomic E-state index is -1.14. The Labute approximate surface area is 183 Å². The molecule has 0 aromatic heterocycles. The summed E-state index contributed by atoms with van der Waals surface area (Å²) >= 11 is 0. The summed E-state index contributed by atoms with van der Waals surface area (Å²) in [5.41, 5.74) is 13.1. The molecular weight excluding hydrogens is 411 g/mol. The second kappa shape index (κ2) is 10.6. The number of halogens is 2. The molecule has 0 saturated carbocycles. The molecule has 2 atom stereocenters. The monoisotopic (exact) mass is 438 g/mol. The number of rotatable bonds is 6. The highest BCUT2D eigenvalue weighted by atomic mass is 35.5. The zero-order valence-corrected chi connectivity index (χ0v) is 18.0. The number of carbonyl (C=O) groups excluding carboxylic acids is 2. The fourth-order valence-corrected chi connectivity index (χ4v) is 3.50. The van der Waals surface area contributed by atoms with Crippen LogP contribution in [0.4, 0.5) is 5.69 Å². The highest BCUT2D eigenvalue weighted by Gasteiger charge is 2.31. The summed E-state index contributed by atoms with van der Waals surface area (Å²) in [5.74, 6) is -0.555. The maximum atomic E-state index is 12.7. The van der Waals surface area contributed by atoms with E-state index in [4.69, 9.17) is 11.5 Å². The standard InChI is InChI=1S/C21H26N4O2.2ClH/c1-21(23,16-8-3-2-4-9-16)20(27)24-17-10-5-7-15(13-17)14-25-12-6-11-18(25)19(22)26;;/h2-5,7-10,13,18H,6,11-12,14,23H2,1H3,(H2,22,26)(H,24,27);2*1H. The second-order valence-corrected chi connectivity index (χ2v) is 7.25. The Morgan fingerprint density at radius 3 is 2.48 bits per heavy atom. The van der Waals surface area contributed by atoms with Gasteiger partial charge in [-0.3, -0.25) is 14.5 Å². The Balaban J connectivity index is 0.00000210. The fraction of sp³-hybridized carbons (Fsp3) is 0.333. The van der Waals surface area contributed by atoms with Crippen LogP contribution in [0.15, 0.2) is 54.6 Å². The summed E-state index contributed by atoms with van der Waals surface area (Å²) in [5, 5.41) is 2.91. The number of carbonyl (C=O) groups is 2. The first kappa shape index (κ1) is 24.9. The van der Waals surface area contributed by atoms with Crippen molar-refractivity contribution < 1.29 is 9.59 Å². The Hall–Kier alpha value is -2.12. The summed E-state index contributed by atoms with van der Waals surface area (Å²) in [6.45, 7) is 3.16. The van der Waals surface area contributed by atoms with Crippen LogP contribution >= 0.6 is 24.8 Å². The average Bonchev–Trinajstić information content (AvgIpc) is 3.11. The smallest absolute Gasteiger partial charge is 0.248 e. The van der Waals surface area contributed by atoms with E-state index in [0.29, 0.717) is 12.2 Å². The highest BCUT2D eigenvalue weighted by Crippen LogP contribution is 2.23. The molecule has 0 bridgehead atoms. The van der Waals surface area contributed by atoms with E-state index in [1.807, 2.05) is 54.6 Å². The van der Waals surface area contributed by atoms with Crippen LogP contribution in [0.5, 0.6) is 0 Å². The third kappa shape index (κ3) is 5.93. The zero-order valence-electron chi connectivity index (χ0n) is 16.3. The molecule has 158 valence electrons. The summed E-state index contributed by atoms with van der Waals surface area (Å²) < 4.78 is 0. The summed E-state index contributed by atoms with van der Waals surface area (Å²) in [6.07, 6.45) is 1.76. The van der Waals surface area contributed by atoms with Crippen molar-refractivity contribution in [3.05, 3.63) is 65.7 Å². The Morgan fingerprint density at radius 2 is 1.83 bits per heavy atom. The Kier molecular flexibility index (Phi) is 9.11. The van der Waals surface area contributed by atoms with Crippen molar-refractivity contribution in [1.82, 2.24) is 4.90 Å². The molecule has 2 aromatic carbocycles. The third-order valence-electron chi connectivity index (χ3n) is 5.11. The molecule has 2 amide bonds. The van der Waals surface area contributed by atoms with Gasteiger partial charge in [0.05, 0.1) is 6.04 Å². The maximum absolute atomic E-state index is 12.7. The third-order valence-corrected chi connectivity index (χ3v) is 5.11. The number of nitrogens with one attached hydrogen (secondary N) is 1. The normalized spacial score (nSPS) is 18.1. The molecule has 1 aliphatic heterocycles. The lowest BCUT2D eigenvalue weighted by molar-refractivity contribution is -0.122. The minimum Gasteiger partial charge on any atom is -0.368 e. The van der Waals surface area contributed by atoms with Gasteiger partial charge in [0.2, 0.25) is 11.8 Å². The number of amides is 2. The summed E-state index contributed by atoms with van der Waals surface area (Å²) in [4.78, 5) is 26.4. The van der Waals surface area contributed by atoms with Gasteiger partial charge in [-0.2, -0.15) is 0 Å². The van der Waals surface area contributed by atoms with Crippen LogP contribution in [0, 0.1) is 0 Å². The van der Waals surface area contributed by atoms with E-state index in [1.165, 1.54) is 0 Å². The van der Waals surface area contributed by atoms with E-state index in [9.17, 15) is 9.59 Å². The lowest BCUT2D eigenvalue weighted by atomic mass is 9.92. The van der Waals surface area contributed by atoms with Crippen molar-refractivity contribution in [2.75, 3.05) is 11.9 Å². The highest BCUT2D eigenvalue weighted by molar-refractivity contribution is 5.98. The van der Waals surface area contributed by atoms with E-state index in [0.717, 1.165) is 30.5 Å². The molecule has 1 saturated heterocycles. The van der Waals surface area contributed by atoms with Crippen molar-refractivity contribution in [3.63, 3.8) is 0 Å². The quantitative estimate of drug-likeness (QED) is 0.644. The lowest BCUT2D eigenvalue weighted by Crippen LogP contribution is -2.45. The predicted molar refractivity (Wildman–Crippen MR) is 120 cm³/mol. The fourth-order valence-electron chi connectivity index (χ4n) is 3.50. The molecule has 2 unspecified atom stereocenters. The van der Waals surface area contributed by atoms with Crippen LogP contribution in [-0.4, -0.2) is 29.3 Å². The Bertz CT molecular complexity index is 830. The number of hydrogen-bond acceptors (Lipinski definition) is 4. The van der Waals surface area contributed by atoms with Gasteiger partial charge in [-0.05, 0) is 49.6 Å². The number of nitrogens with two attached hydrogens (primary N) is 2. The van der Waals surface area contributed by atoms with Gasteiger partial charge < -0.3 is 16.8 Å². The number of hydrogen-bond donors (Lipinski definition) is 3. The molecule has 5 N–H and O–H groups in total. The molecule has 0 radical (unpaired) electrons. The van der Waals surface area contributed by atoms with Crippen LogP contribution in [0.2, 0.25) is 0 Å². The van der Waals surface area contributed by atoms with Crippen LogP contribution in [0.3, 0.4) is 0 Å².